The molecular weight excluding hydrogens is 430 g/mol. The lowest BCUT2D eigenvalue weighted by atomic mass is 10.1. The Bertz CT molecular complexity index is 1240. The minimum Gasteiger partial charge on any atom is -0.394 e. The third-order valence-corrected chi connectivity index (χ3v) is 5.95. The number of halogens is 1. The van der Waals surface area contributed by atoms with Crippen LogP contribution in [-0.2, 0) is 0 Å². The summed E-state index contributed by atoms with van der Waals surface area (Å²) in [7, 11) is 0. The van der Waals surface area contributed by atoms with Crippen LogP contribution in [-0.4, -0.2) is 45.8 Å². The number of rotatable bonds is 6. The van der Waals surface area contributed by atoms with Crippen molar-refractivity contribution in [3.8, 4) is 11.4 Å². The van der Waals surface area contributed by atoms with Gasteiger partial charge >= 0.3 is 0 Å². The van der Waals surface area contributed by atoms with Gasteiger partial charge in [0.25, 0.3) is 11.8 Å². The van der Waals surface area contributed by atoms with Gasteiger partial charge in [0.15, 0.2) is 0 Å². The van der Waals surface area contributed by atoms with Crippen molar-refractivity contribution >= 4 is 34.1 Å². The number of amides is 1. The number of aliphatic hydroxyl groups excluding tert-OH is 1. The van der Waals surface area contributed by atoms with Crippen LogP contribution in [0.15, 0.2) is 53.2 Å². The van der Waals surface area contributed by atoms with Gasteiger partial charge in [-0.15, -0.1) is 0 Å². The van der Waals surface area contributed by atoms with Crippen molar-refractivity contribution in [1.29, 1.82) is 0 Å². The van der Waals surface area contributed by atoms with Gasteiger partial charge in [-0.1, -0.05) is 16.8 Å². The summed E-state index contributed by atoms with van der Waals surface area (Å²) in [4.78, 5) is 22.6. The molecule has 5 rings (SSSR count). The zero-order chi connectivity index (χ0) is 22.1. The van der Waals surface area contributed by atoms with E-state index in [0.717, 1.165) is 35.2 Å². The van der Waals surface area contributed by atoms with Gasteiger partial charge in [0.1, 0.15) is 6.04 Å². The van der Waals surface area contributed by atoms with Crippen LogP contribution < -0.4 is 10.2 Å². The van der Waals surface area contributed by atoms with Crippen LogP contribution in [0.1, 0.15) is 35.1 Å². The number of aromatic nitrogens is 3. The first-order valence-corrected chi connectivity index (χ1v) is 10.9. The summed E-state index contributed by atoms with van der Waals surface area (Å²) in [5.74, 6) is 0.146. The Morgan fingerprint density at radius 1 is 1.22 bits per heavy atom. The maximum absolute atomic E-state index is 12.7. The van der Waals surface area contributed by atoms with Crippen molar-refractivity contribution in [2.75, 3.05) is 24.6 Å². The third kappa shape index (κ3) is 3.94. The normalized spacial score (nSPS) is 14.8. The smallest absolute Gasteiger partial charge is 0.251 e. The summed E-state index contributed by atoms with van der Waals surface area (Å²) in [6.45, 7) is 1.71. The summed E-state index contributed by atoms with van der Waals surface area (Å²) in [6.07, 6.45) is 4.15. The topological polar surface area (TPSA) is 107 Å². The summed E-state index contributed by atoms with van der Waals surface area (Å²) in [5, 5.41) is 18.1. The number of hydrogen-bond donors (Lipinski definition) is 3. The molecule has 1 amide bonds. The Hall–Kier alpha value is -3.36. The van der Waals surface area contributed by atoms with Crippen LogP contribution in [0, 0.1) is 0 Å². The van der Waals surface area contributed by atoms with Crippen molar-refractivity contribution < 1.29 is 14.4 Å². The number of aliphatic hydroxyl groups is 1. The van der Waals surface area contributed by atoms with Crippen molar-refractivity contribution in [2.24, 2.45) is 0 Å². The Morgan fingerprint density at radius 3 is 2.75 bits per heavy atom. The quantitative estimate of drug-likeness (QED) is 0.410. The molecule has 164 valence electrons. The molecule has 0 aliphatic carbocycles. The van der Waals surface area contributed by atoms with Crippen molar-refractivity contribution in [3.05, 3.63) is 65.1 Å². The predicted molar refractivity (Wildman–Crippen MR) is 122 cm³/mol. The van der Waals surface area contributed by atoms with Gasteiger partial charge in [0.2, 0.25) is 5.82 Å². The Kier molecular flexibility index (Phi) is 5.55. The predicted octanol–water partition coefficient (Wildman–Crippen LogP) is 3.93. The van der Waals surface area contributed by atoms with E-state index < -0.39 is 6.04 Å². The van der Waals surface area contributed by atoms with E-state index >= 15 is 0 Å². The van der Waals surface area contributed by atoms with Crippen LogP contribution in [0.2, 0.25) is 5.02 Å². The molecule has 4 aromatic rings. The second kappa shape index (κ2) is 8.64. The highest BCUT2D eigenvalue weighted by Gasteiger charge is 2.23. The number of carbonyl (C=O) groups excluding carboxylic acids is 1. The van der Waals surface area contributed by atoms with E-state index in [1.165, 1.54) is 12.8 Å². The molecule has 1 aliphatic rings. The molecule has 1 fully saturated rings. The summed E-state index contributed by atoms with van der Waals surface area (Å²) in [6, 6.07) is 12.1. The van der Waals surface area contributed by atoms with Crippen LogP contribution in [0.25, 0.3) is 22.3 Å². The Labute approximate surface area is 189 Å². The highest BCUT2D eigenvalue weighted by atomic mass is 35.5. The number of carbonyl (C=O) groups is 1. The molecule has 0 unspecified atom stereocenters. The lowest BCUT2D eigenvalue weighted by molar-refractivity contribution is 0.0901. The van der Waals surface area contributed by atoms with E-state index in [4.69, 9.17) is 16.1 Å². The molecular formula is C23H22ClN5O3. The average Bonchev–Trinajstić information content (AvgIpc) is 3.58. The van der Waals surface area contributed by atoms with Crippen LogP contribution in [0.5, 0.6) is 0 Å². The largest absolute Gasteiger partial charge is 0.394 e. The second-order valence-corrected chi connectivity index (χ2v) is 8.23. The number of nitrogens with one attached hydrogen (secondary N) is 2. The maximum atomic E-state index is 12.7. The second-order valence-electron chi connectivity index (χ2n) is 7.80. The molecule has 32 heavy (non-hydrogen) atoms. The number of fused-ring (bicyclic) bond motifs is 1. The summed E-state index contributed by atoms with van der Waals surface area (Å²) < 4.78 is 5.35. The minimum absolute atomic E-state index is 0.126. The molecule has 8 nitrogen and oxygen atoms in total. The van der Waals surface area contributed by atoms with Gasteiger partial charge in [-0.05, 0) is 55.3 Å². The Morgan fingerprint density at radius 2 is 2.00 bits per heavy atom. The van der Waals surface area contributed by atoms with Crippen molar-refractivity contribution in [3.63, 3.8) is 0 Å². The molecule has 1 atom stereocenters. The molecule has 0 spiro atoms. The lowest BCUT2D eigenvalue weighted by Crippen LogP contribution is -2.31. The fourth-order valence-electron chi connectivity index (χ4n) is 3.99. The number of nitrogens with zero attached hydrogens (tertiary/aromatic N) is 3. The highest BCUT2D eigenvalue weighted by molar-refractivity contribution is 6.31. The van der Waals surface area contributed by atoms with E-state index in [-0.39, 0.29) is 18.4 Å². The van der Waals surface area contributed by atoms with Crippen LogP contribution in [0.4, 0.5) is 5.69 Å². The molecule has 2 aromatic heterocycles. The molecule has 0 radical (unpaired) electrons. The first-order valence-electron chi connectivity index (χ1n) is 10.5. The van der Waals surface area contributed by atoms with Crippen molar-refractivity contribution in [2.45, 2.75) is 18.9 Å². The van der Waals surface area contributed by atoms with Gasteiger partial charge in [-0.2, -0.15) is 4.98 Å². The van der Waals surface area contributed by atoms with E-state index in [2.05, 4.69) is 25.3 Å². The molecule has 1 aliphatic heterocycles. The number of anilines is 1. The van der Waals surface area contributed by atoms with E-state index in [0.29, 0.717) is 16.4 Å². The molecule has 0 bridgehead atoms. The van der Waals surface area contributed by atoms with Crippen LogP contribution in [0.3, 0.4) is 0 Å². The highest BCUT2D eigenvalue weighted by Crippen LogP contribution is 2.29. The number of benzene rings is 2. The zero-order valence-corrected chi connectivity index (χ0v) is 18.0. The van der Waals surface area contributed by atoms with Crippen LogP contribution >= 0.6 is 11.6 Å². The van der Waals surface area contributed by atoms with Gasteiger partial charge in [-0.3, -0.25) is 4.79 Å². The van der Waals surface area contributed by atoms with Gasteiger partial charge in [-0.25, -0.2) is 0 Å². The third-order valence-electron chi connectivity index (χ3n) is 5.71. The first-order chi connectivity index (χ1) is 15.6. The first kappa shape index (κ1) is 20.5. The zero-order valence-electron chi connectivity index (χ0n) is 17.2. The molecule has 9 heteroatoms. The maximum Gasteiger partial charge on any atom is 0.251 e. The number of hydrogen-bond acceptors (Lipinski definition) is 6. The number of H-pyrrole nitrogens is 1. The number of aromatic amines is 1. The fraction of sp³-hybridized carbons (Fsp3) is 0.261. The van der Waals surface area contributed by atoms with Gasteiger partial charge < -0.3 is 24.8 Å². The van der Waals surface area contributed by atoms with Gasteiger partial charge in [0.05, 0.1) is 6.61 Å². The van der Waals surface area contributed by atoms with E-state index in [1.54, 1.807) is 24.4 Å². The fourth-order valence-corrected chi connectivity index (χ4v) is 4.16. The van der Waals surface area contributed by atoms with E-state index in [1.807, 2.05) is 24.3 Å². The lowest BCUT2D eigenvalue weighted by Gasteiger charge is -2.18. The average molecular weight is 452 g/mol. The minimum atomic E-state index is -0.823. The molecule has 1 saturated heterocycles. The molecule has 2 aromatic carbocycles. The van der Waals surface area contributed by atoms with E-state index in [9.17, 15) is 9.90 Å². The Balaban J connectivity index is 1.32. The molecule has 3 heterocycles. The summed E-state index contributed by atoms with van der Waals surface area (Å²) in [5.41, 5.74) is 3.22. The molecule has 0 saturated carbocycles. The van der Waals surface area contributed by atoms with Gasteiger partial charge in [0, 0.05) is 52.0 Å². The SMILES string of the molecule is O=C(N[C@@H](CO)c1nc(-c2c[nH]c3ccc(Cl)cc23)no1)c1ccc(N2CCCC2)cc1. The monoisotopic (exact) mass is 451 g/mol. The standard InChI is InChI=1S/C23H22ClN5O3/c24-15-5-8-19-17(11-15)18(12-25-19)21-27-23(32-28-21)20(13-30)26-22(31)14-3-6-16(7-4-14)29-9-1-2-10-29/h3-8,11-12,20,25,30H,1-2,9-10,13H2,(H,26,31)/t20-/m0/s1. The van der Waals surface area contributed by atoms with Crippen molar-refractivity contribution in [1.82, 2.24) is 20.4 Å². The summed E-state index contributed by atoms with van der Waals surface area (Å²) >= 11 is 6.11. The molecule has 3 N–H and O–H groups in total.